The molecule has 2 aromatic carbocycles. The van der Waals surface area contributed by atoms with E-state index in [1.807, 2.05) is 0 Å². The second kappa shape index (κ2) is 6.65. The number of fused-ring (bicyclic) bond motifs is 1. The van der Waals surface area contributed by atoms with E-state index in [0.717, 1.165) is 23.5 Å². The summed E-state index contributed by atoms with van der Waals surface area (Å²) in [6, 6.07) is 10.6. The third-order valence-electron chi connectivity index (χ3n) is 3.33. The quantitative estimate of drug-likeness (QED) is 0.554. The van der Waals surface area contributed by atoms with Crippen LogP contribution < -0.4 is 10.9 Å². The molecule has 0 atom stereocenters. The predicted molar refractivity (Wildman–Crippen MR) is 89.8 cm³/mol. The molecule has 0 saturated heterocycles. The van der Waals surface area contributed by atoms with Gasteiger partial charge in [-0.25, -0.2) is 4.39 Å². The van der Waals surface area contributed by atoms with E-state index in [1.165, 1.54) is 30.3 Å². The molecule has 0 saturated carbocycles. The van der Waals surface area contributed by atoms with E-state index >= 15 is 0 Å². The Morgan fingerprint density at radius 2 is 1.68 bits per heavy atom. The molecule has 3 aromatic rings. The molecule has 0 aliphatic rings. The summed E-state index contributed by atoms with van der Waals surface area (Å²) in [6.07, 6.45) is 0. The number of nitrogens with one attached hydrogen (secondary N) is 2. The van der Waals surface area contributed by atoms with Crippen molar-refractivity contribution in [2.45, 2.75) is 0 Å². The monoisotopic (exact) mass is 359 g/mol. The highest BCUT2D eigenvalue weighted by atomic mass is 32.1. The van der Waals surface area contributed by atoms with Gasteiger partial charge in [-0.15, -0.1) is 11.3 Å². The lowest BCUT2D eigenvalue weighted by Crippen LogP contribution is -2.41. The first kappa shape index (κ1) is 16.5. The van der Waals surface area contributed by atoms with Crippen LogP contribution in [0.1, 0.15) is 20.0 Å². The molecule has 1 aromatic heterocycles. The van der Waals surface area contributed by atoms with Crippen LogP contribution in [0.3, 0.4) is 0 Å². The van der Waals surface area contributed by atoms with E-state index in [0.29, 0.717) is 10.1 Å². The third-order valence-corrected chi connectivity index (χ3v) is 4.45. The molecule has 126 valence electrons. The highest BCUT2D eigenvalue weighted by molar-refractivity contribution is 7.20. The van der Waals surface area contributed by atoms with Gasteiger partial charge in [0.25, 0.3) is 17.5 Å². The molecule has 0 bridgehead atoms. The molecule has 0 aliphatic carbocycles. The van der Waals surface area contributed by atoms with Gasteiger partial charge in [0, 0.05) is 27.8 Å². The number of non-ortho nitro benzene ring substituents is 1. The fourth-order valence-corrected chi connectivity index (χ4v) is 3.04. The van der Waals surface area contributed by atoms with E-state index in [4.69, 9.17) is 0 Å². The van der Waals surface area contributed by atoms with E-state index in [1.54, 1.807) is 6.07 Å². The zero-order valence-corrected chi connectivity index (χ0v) is 13.3. The highest BCUT2D eigenvalue weighted by Gasteiger charge is 2.14. The van der Waals surface area contributed by atoms with Crippen LogP contribution in [0, 0.1) is 15.9 Å². The molecule has 7 nitrogen and oxygen atoms in total. The van der Waals surface area contributed by atoms with E-state index in [2.05, 4.69) is 10.9 Å². The minimum absolute atomic E-state index is 0.0677. The van der Waals surface area contributed by atoms with Gasteiger partial charge in [-0.2, -0.15) is 0 Å². The standard InChI is InChI=1S/C16H10FN3O4S/c17-11-3-1-9(2-4-11)15(21)18-19-16(22)14-8-10-7-12(20(23)24)5-6-13(10)25-14/h1-8H,(H,18,21)(H,19,22). The van der Waals surface area contributed by atoms with Crippen LogP contribution in [-0.4, -0.2) is 16.7 Å². The molecule has 0 unspecified atom stereocenters. The summed E-state index contributed by atoms with van der Waals surface area (Å²) in [5.74, 6) is -1.62. The molecule has 1 heterocycles. The lowest BCUT2D eigenvalue weighted by molar-refractivity contribution is -0.384. The Hall–Kier alpha value is -3.33. The Morgan fingerprint density at radius 3 is 2.36 bits per heavy atom. The maximum Gasteiger partial charge on any atom is 0.279 e. The van der Waals surface area contributed by atoms with Crippen molar-refractivity contribution in [2.75, 3.05) is 0 Å². The van der Waals surface area contributed by atoms with Crippen LogP contribution in [0.15, 0.2) is 48.5 Å². The van der Waals surface area contributed by atoms with Gasteiger partial charge in [-0.05, 0) is 36.4 Å². The van der Waals surface area contributed by atoms with Gasteiger partial charge in [-0.1, -0.05) is 0 Å². The number of hydrazine groups is 1. The topological polar surface area (TPSA) is 101 Å². The van der Waals surface area contributed by atoms with E-state index in [-0.39, 0.29) is 16.1 Å². The van der Waals surface area contributed by atoms with Crippen molar-refractivity contribution >= 4 is 38.9 Å². The van der Waals surface area contributed by atoms with Crippen molar-refractivity contribution in [3.63, 3.8) is 0 Å². The average Bonchev–Trinajstić information content (AvgIpc) is 3.03. The number of nitrogens with zero attached hydrogens (tertiary/aromatic N) is 1. The number of amides is 2. The Balaban J connectivity index is 1.70. The summed E-state index contributed by atoms with van der Waals surface area (Å²) in [7, 11) is 0. The lowest BCUT2D eigenvalue weighted by atomic mass is 10.2. The zero-order valence-electron chi connectivity index (χ0n) is 12.5. The molecule has 25 heavy (non-hydrogen) atoms. The molecule has 9 heteroatoms. The van der Waals surface area contributed by atoms with Gasteiger partial charge in [0.2, 0.25) is 0 Å². The highest BCUT2D eigenvalue weighted by Crippen LogP contribution is 2.28. The number of hydrogen-bond acceptors (Lipinski definition) is 5. The molecule has 3 rings (SSSR count). The van der Waals surface area contributed by atoms with Crippen molar-refractivity contribution < 1.29 is 18.9 Å². The second-order valence-electron chi connectivity index (χ2n) is 5.01. The van der Waals surface area contributed by atoms with Crippen LogP contribution in [0.2, 0.25) is 0 Å². The van der Waals surface area contributed by atoms with Crippen LogP contribution in [0.5, 0.6) is 0 Å². The molecule has 0 fully saturated rings. The van der Waals surface area contributed by atoms with Crippen molar-refractivity contribution in [1.82, 2.24) is 10.9 Å². The first-order valence-electron chi connectivity index (χ1n) is 6.98. The van der Waals surface area contributed by atoms with E-state index < -0.39 is 22.6 Å². The molecular formula is C16H10FN3O4S. The zero-order chi connectivity index (χ0) is 18.0. The van der Waals surface area contributed by atoms with Crippen molar-refractivity contribution in [2.24, 2.45) is 0 Å². The summed E-state index contributed by atoms with van der Waals surface area (Å²) >= 11 is 1.14. The Labute approximate surface area is 144 Å². The number of thiophene rings is 1. The first-order valence-corrected chi connectivity index (χ1v) is 7.80. The number of benzene rings is 2. The van der Waals surface area contributed by atoms with Crippen LogP contribution in [-0.2, 0) is 0 Å². The number of rotatable bonds is 3. The summed E-state index contributed by atoms with van der Waals surface area (Å²) in [5.41, 5.74) is 4.60. The maximum atomic E-state index is 12.8. The second-order valence-corrected chi connectivity index (χ2v) is 6.09. The maximum absolute atomic E-state index is 12.8. The molecule has 0 spiro atoms. The number of carbonyl (C=O) groups is 2. The number of halogens is 1. The lowest BCUT2D eigenvalue weighted by Gasteiger charge is -2.06. The molecular weight excluding hydrogens is 349 g/mol. The minimum atomic E-state index is -0.593. The number of nitro benzene ring substituents is 1. The smallest absolute Gasteiger partial charge is 0.267 e. The Kier molecular flexibility index (Phi) is 4.40. The summed E-state index contributed by atoms with van der Waals surface area (Å²) in [6.45, 7) is 0. The van der Waals surface area contributed by atoms with E-state index in [9.17, 15) is 24.1 Å². The summed E-state index contributed by atoms with van der Waals surface area (Å²) in [5, 5.41) is 11.3. The van der Waals surface area contributed by atoms with Crippen LogP contribution in [0.25, 0.3) is 10.1 Å². The Morgan fingerprint density at radius 1 is 1.00 bits per heavy atom. The predicted octanol–water partition coefficient (Wildman–Crippen LogP) is 3.02. The average molecular weight is 359 g/mol. The summed E-state index contributed by atoms with van der Waals surface area (Å²) in [4.78, 5) is 34.5. The van der Waals surface area contributed by atoms with Crippen molar-refractivity contribution in [3.8, 4) is 0 Å². The molecule has 2 N–H and O–H groups in total. The SMILES string of the molecule is O=C(NNC(=O)c1cc2cc([N+](=O)[O-])ccc2s1)c1ccc(F)cc1. The largest absolute Gasteiger partial charge is 0.279 e. The fraction of sp³-hybridized carbons (Fsp3) is 0. The minimum Gasteiger partial charge on any atom is -0.267 e. The third kappa shape index (κ3) is 3.61. The normalized spacial score (nSPS) is 10.4. The van der Waals surface area contributed by atoms with Crippen molar-refractivity contribution in [1.29, 1.82) is 0 Å². The Bertz CT molecular complexity index is 985. The fourth-order valence-electron chi connectivity index (χ4n) is 2.10. The number of nitro groups is 1. The molecule has 0 aliphatic heterocycles. The number of hydrogen-bond donors (Lipinski definition) is 2. The van der Waals surface area contributed by atoms with Crippen LogP contribution >= 0.6 is 11.3 Å². The van der Waals surface area contributed by atoms with Gasteiger partial charge >= 0.3 is 0 Å². The molecule has 0 radical (unpaired) electrons. The van der Waals surface area contributed by atoms with Crippen molar-refractivity contribution in [3.05, 3.63) is 74.9 Å². The number of carbonyl (C=O) groups excluding carboxylic acids is 2. The molecule has 2 amide bonds. The summed E-state index contributed by atoms with van der Waals surface area (Å²) < 4.78 is 13.5. The van der Waals surface area contributed by atoms with Gasteiger partial charge < -0.3 is 0 Å². The van der Waals surface area contributed by atoms with Gasteiger partial charge in [0.1, 0.15) is 5.82 Å². The van der Waals surface area contributed by atoms with Gasteiger partial charge in [0.05, 0.1) is 9.80 Å². The van der Waals surface area contributed by atoms with Crippen LogP contribution in [0.4, 0.5) is 10.1 Å². The van der Waals surface area contributed by atoms with Gasteiger partial charge in [-0.3, -0.25) is 30.6 Å². The van der Waals surface area contributed by atoms with Gasteiger partial charge in [0.15, 0.2) is 0 Å². The first-order chi connectivity index (χ1) is 11.9.